The van der Waals surface area contributed by atoms with E-state index in [9.17, 15) is 13.2 Å². The molecule has 2 aromatic carbocycles. The molecule has 0 bridgehead atoms. The molecule has 2 aromatic heterocycles. The van der Waals surface area contributed by atoms with Crippen LogP contribution in [0.1, 0.15) is 0 Å². The molecule has 0 amide bonds. The minimum absolute atomic E-state index is 0.324. The van der Waals surface area contributed by atoms with Crippen molar-refractivity contribution in [2.24, 2.45) is 0 Å². The van der Waals surface area contributed by atoms with Crippen LogP contribution in [0.5, 0.6) is 0 Å². The Bertz CT molecular complexity index is 1060. The van der Waals surface area contributed by atoms with Gasteiger partial charge in [0.1, 0.15) is 23.1 Å². The fraction of sp³-hybridized carbons (Fsp3) is 0. The van der Waals surface area contributed by atoms with E-state index in [4.69, 9.17) is 0 Å². The molecule has 0 spiro atoms. The first-order valence-corrected chi connectivity index (χ1v) is 8.28. The topological polar surface area (TPSA) is 28.7 Å². The van der Waals surface area contributed by atoms with Gasteiger partial charge >= 0.3 is 0 Å². The normalized spacial score (nSPS) is 11.2. The Labute approximate surface area is 145 Å². The van der Waals surface area contributed by atoms with Crippen LogP contribution < -0.4 is 0 Å². The van der Waals surface area contributed by atoms with Crippen molar-refractivity contribution in [3.05, 3.63) is 78.4 Å². The summed E-state index contributed by atoms with van der Waals surface area (Å²) in [4.78, 5) is 8.83. The number of pyridine rings is 1. The van der Waals surface area contributed by atoms with Crippen LogP contribution in [-0.2, 0) is 0 Å². The second-order valence-electron chi connectivity index (χ2n) is 5.45. The molecule has 4 aromatic rings. The minimum atomic E-state index is -0.644. The van der Waals surface area contributed by atoms with Gasteiger partial charge in [-0.3, -0.25) is 0 Å². The molecular weight excluding hydrogens is 345 g/mol. The van der Waals surface area contributed by atoms with Crippen LogP contribution >= 0.6 is 11.8 Å². The van der Waals surface area contributed by atoms with Crippen molar-refractivity contribution in [2.45, 2.75) is 9.79 Å². The van der Waals surface area contributed by atoms with Crippen molar-refractivity contribution in [1.82, 2.24) is 9.97 Å². The van der Waals surface area contributed by atoms with Crippen molar-refractivity contribution in [3.8, 4) is 11.1 Å². The van der Waals surface area contributed by atoms with Gasteiger partial charge in [-0.15, -0.1) is 0 Å². The smallest absolute Gasteiger partial charge is 0.139 e. The van der Waals surface area contributed by atoms with Gasteiger partial charge in [-0.2, -0.15) is 0 Å². The number of nitrogens with one attached hydrogen (secondary N) is 1. The lowest BCUT2D eigenvalue weighted by Gasteiger charge is -2.07. The average Bonchev–Trinajstić information content (AvgIpc) is 2.97. The molecule has 0 aliphatic heterocycles. The molecule has 2 heterocycles. The van der Waals surface area contributed by atoms with E-state index in [1.54, 1.807) is 30.6 Å². The minimum Gasteiger partial charge on any atom is -0.345 e. The third-order valence-corrected chi connectivity index (χ3v) is 4.77. The summed E-state index contributed by atoms with van der Waals surface area (Å²) >= 11 is 1.36. The maximum Gasteiger partial charge on any atom is 0.139 e. The average molecular weight is 356 g/mol. The molecule has 2 nitrogen and oxygen atoms in total. The van der Waals surface area contributed by atoms with Crippen LogP contribution in [-0.4, -0.2) is 9.97 Å². The molecule has 124 valence electrons. The van der Waals surface area contributed by atoms with E-state index in [-0.39, 0.29) is 5.82 Å². The first-order chi connectivity index (χ1) is 12.1. The number of aromatic amines is 1. The highest BCUT2D eigenvalue weighted by molar-refractivity contribution is 7.99. The zero-order chi connectivity index (χ0) is 17.4. The van der Waals surface area contributed by atoms with Crippen molar-refractivity contribution in [3.63, 3.8) is 0 Å². The summed E-state index contributed by atoms with van der Waals surface area (Å²) in [5.74, 6) is -1.61. The first-order valence-electron chi connectivity index (χ1n) is 7.46. The molecule has 25 heavy (non-hydrogen) atoms. The molecule has 6 heteroatoms. The number of hydrogen-bond acceptors (Lipinski definition) is 2. The van der Waals surface area contributed by atoms with Gasteiger partial charge in [0.05, 0.1) is 0 Å². The maximum atomic E-state index is 13.6. The van der Waals surface area contributed by atoms with Gasteiger partial charge in [-0.05, 0) is 47.5 Å². The lowest BCUT2D eigenvalue weighted by molar-refractivity contribution is 0.584. The highest BCUT2D eigenvalue weighted by Crippen LogP contribution is 2.38. The Balaban J connectivity index is 1.87. The van der Waals surface area contributed by atoms with Gasteiger partial charge in [-0.1, -0.05) is 17.8 Å². The van der Waals surface area contributed by atoms with Gasteiger partial charge in [0, 0.05) is 33.6 Å². The summed E-state index contributed by atoms with van der Waals surface area (Å²) in [7, 11) is 0. The zero-order valence-corrected chi connectivity index (χ0v) is 13.6. The number of H-pyrrole nitrogens is 1. The molecule has 0 aliphatic rings. The molecule has 0 saturated heterocycles. The van der Waals surface area contributed by atoms with Crippen LogP contribution in [0.4, 0.5) is 13.2 Å². The maximum absolute atomic E-state index is 13.6. The van der Waals surface area contributed by atoms with Crippen LogP contribution in [0.25, 0.3) is 22.2 Å². The van der Waals surface area contributed by atoms with E-state index in [2.05, 4.69) is 9.97 Å². The van der Waals surface area contributed by atoms with Gasteiger partial charge < -0.3 is 4.98 Å². The third-order valence-electron chi connectivity index (χ3n) is 3.73. The van der Waals surface area contributed by atoms with Crippen LogP contribution in [0.2, 0.25) is 0 Å². The highest BCUT2D eigenvalue weighted by atomic mass is 32.2. The standard InChI is InChI=1S/C19H11F3N2S/c20-12-2-1-3-15(9-12)25-17-10-24-19-18(17)16(4-5-23-19)11-6-13(21)8-14(22)7-11/h1-10H,(H,23,24). The molecule has 0 atom stereocenters. The number of fused-ring (bicyclic) bond motifs is 1. The monoisotopic (exact) mass is 356 g/mol. The second kappa shape index (κ2) is 6.29. The van der Waals surface area contributed by atoms with E-state index in [0.29, 0.717) is 16.8 Å². The third kappa shape index (κ3) is 3.13. The zero-order valence-electron chi connectivity index (χ0n) is 12.8. The van der Waals surface area contributed by atoms with Crippen LogP contribution in [0.15, 0.2) is 70.7 Å². The Morgan fingerprint density at radius 1 is 0.880 bits per heavy atom. The van der Waals surface area contributed by atoms with E-state index in [1.807, 2.05) is 0 Å². The fourth-order valence-electron chi connectivity index (χ4n) is 2.71. The SMILES string of the molecule is Fc1cccc(Sc2c[nH]c3nccc(-c4cc(F)cc(F)c4)c23)c1. The number of aromatic nitrogens is 2. The largest absolute Gasteiger partial charge is 0.345 e. The van der Waals surface area contributed by atoms with Gasteiger partial charge in [0.25, 0.3) is 0 Å². The number of halogens is 3. The van der Waals surface area contributed by atoms with E-state index >= 15 is 0 Å². The predicted octanol–water partition coefficient (Wildman–Crippen LogP) is 5.80. The lowest BCUT2D eigenvalue weighted by atomic mass is 10.0. The number of rotatable bonds is 3. The summed E-state index contributed by atoms with van der Waals surface area (Å²) in [6.07, 6.45) is 3.33. The molecule has 0 saturated carbocycles. The Kier molecular flexibility index (Phi) is 3.97. The van der Waals surface area contributed by atoms with E-state index < -0.39 is 11.6 Å². The molecule has 1 N–H and O–H groups in total. The van der Waals surface area contributed by atoms with Gasteiger partial charge in [0.2, 0.25) is 0 Å². The van der Waals surface area contributed by atoms with Crippen molar-refractivity contribution in [1.29, 1.82) is 0 Å². The molecule has 0 radical (unpaired) electrons. The summed E-state index contributed by atoms with van der Waals surface area (Å²) in [6.45, 7) is 0. The number of hydrogen-bond donors (Lipinski definition) is 1. The van der Waals surface area contributed by atoms with Crippen molar-refractivity contribution in [2.75, 3.05) is 0 Å². The fourth-order valence-corrected chi connectivity index (χ4v) is 3.71. The summed E-state index contributed by atoms with van der Waals surface area (Å²) in [5, 5.41) is 0.738. The quantitative estimate of drug-likeness (QED) is 0.503. The molecule has 0 unspecified atom stereocenters. The van der Waals surface area contributed by atoms with Crippen molar-refractivity contribution >= 4 is 22.8 Å². The van der Waals surface area contributed by atoms with Gasteiger partial charge in [0.15, 0.2) is 0 Å². The number of nitrogens with zero attached hydrogens (tertiary/aromatic N) is 1. The highest BCUT2D eigenvalue weighted by Gasteiger charge is 2.14. The Morgan fingerprint density at radius 2 is 1.68 bits per heavy atom. The summed E-state index contributed by atoms with van der Waals surface area (Å²) in [6, 6.07) is 11.3. The molecule has 0 fully saturated rings. The summed E-state index contributed by atoms with van der Waals surface area (Å²) < 4.78 is 40.7. The van der Waals surface area contributed by atoms with Crippen molar-refractivity contribution < 1.29 is 13.2 Å². The van der Waals surface area contributed by atoms with Crippen LogP contribution in [0, 0.1) is 17.5 Å². The Hall–Kier alpha value is -2.73. The molecule has 0 aliphatic carbocycles. The lowest BCUT2D eigenvalue weighted by Crippen LogP contribution is -1.87. The van der Waals surface area contributed by atoms with Gasteiger partial charge in [-0.25, -0.2) is 18.2 Å². The number of benzene rings is 2. The molecule has 4 rings (SSSR count). The van der Waals surface area contributed by atoms with E-state index in [1.165, 1.54) is 36.0 Å². The Morgan fingerprint density at radius 3 is 2.44 bits per heavy atom. The molecular formula is C19H11F3N2S. The second-order valence-corrected chi connectivity index (χ2v) is 6.57. The summed E-state index contributed by atoms with van der Waals surface area (Å²) in [5.41, 5.74) is 1.68. The van der Waals surface area contributed by atoms with Crippen LogP contribution in [0.3, 0.4) is 0 Å². The predicted molar refractivity (Wildman–Crippen MR) is 92.0 cm³/mol. The van der Waals surface area contributed by atoms with E-state index in [0.717, 1.165) is 21.2 Å². The first kappa shape index (κ1) is 15.8.